The average molecular weight is 374 g/mol. The number of carbonyl (C=O) groups excluding carboxylic acids is 1. The van der Waals surface area contributed by atoms with E-state index in [4.69, 9.17) is 4.74 Å². The minimum Gasteiger partial charge on any atom is -0.484 e. The molecule has 0 aliphatic carbocycles. The van der Waals surface area contributed by atoms with Gasteiger partial charge in [0.15, 0.2) is 11.6 Å². The first-order chi connectivity index (χ1) is 12.5. The molecule has 1 amide bonds. The van der Waals surface area contributed by atoms with Crippen molar-refractivity contribution in [3.05, 3.63) is 75.7 Å². The number of halogens is 2. The third-order valence-corrected chi connectivity index (χ3v) is 4.41. The molecule has 0 saturated heterocycles. The van der Waals surface area contributed by atoms with Gasteiger partial charge in [-0.3, -0.25) is 4.79 Å². The first-order valence-corrected chi connectivity index (χ1v) is 8.75. The molecule has 0 aliphatic heterocycles. The fourth-order valence-corrected chi connectivity index (χ4v) is 3.00. The van der Waals surface area contributed by atoms with Gasteiger partial charge in [0.25, 0.3) is 0 Å². The van der Waals surface area contributed by atoms with E-state index in [2.05, 4.69) is 10.3 Å². The van der Waals surface area contributed by atoms with Crippen molar-refractivity contribution in [2.45, 2.75) is 20.0 Å². The van der Waals surface area contributed by atoms with Gasteiger partial charge in [0, 0.05) is 17.1 Å². The largest absolute Gasteiger partial charge is 0.484 e. The summed E-state index contributed by atoms with van der Waals surface area (Å²) in [6, 6.07) is 10.6. The topological polar surface area (TPSA) is 51.2 Å². The molecule has 0 fully saturated rings. The quantitative estimate of drug-likeness (QED) is 0.692. The monoisotopic (exact) mass is 374 g/mol. The lowest BCUT2D eigenvalue weighted by Gasteiger charge is -2.05. The number of aromatic nitrogens is 1. The summed E-state index contributed by atoms with van der Waals surface area (Å²) in [7, 11) is 0. The maximum Gasteiger partial charge on any atom is 0.231 e. The lowest BCUT2D eigenvalue weighted by molar-refractivity contribution is -0.115. The number of anilines is 1. The molecule has 0 radical (unpaired) electrons. The molecular weight excluding hydrogens is 358 g/mol. The average Bonchev–Trinajstić information content (AvgIpc) is 3.03. The first kappa shape index (κ1) is 18.0. The Hall–Kier alpha value is -2.80. The standard InChI is InChI=1S/C19H16F2N2O2S/c1-12-2-5-14(6-3-12)22-18(24)9-19-23-15(11-26-19)10-25-17-7-4-13(20)8-16(17)21/h2-8,11H,9-10H2,1H3,(H,22,24). The van der Waals surface area contributed by atoms with Crippen LogP contribution in [-0.2, 0) is 17.8 Å². The molecule has 3 aromatic rings. The zero-order chi connectivity index (χ0) is 18.5. The van der Waals surface area contributed by atoms with Crippen LogP contribution in [0.1, 0.15) is 16.3 Å². The Morgan fingerprint density at radius 1 is 1.19 bits per heavy atom. The van der Waals surface area contributed by atoms with Crippen LogP contribution >= 0.6 is 11.3 Å². The van der Waals surface area contributed by atoms with Gasteiger partial charge < -0.3 is 10.1 Å². The number of rotatable bonds is 6. The molecule has 1 aromatic heterocycles. The van der Waals surface area contributed by atoms with Gasteiger partial charge in [0.1, 0.15) is 17.4 Å². The highest BCUT2D eigenvalue weighted by Gasteiger charge is 2.10. The van der Waals surface area contributed by atoms with Crippen LogP contribution in [0.2, 0.25) is 0 Å². The van der Waals surface area contributed by atoms with Crippen LogP contribution in [0.5, 0.6) is 5.75 Å². The third-order valence-electron chi connectivity index (χ3n) is 3.52. The molecule has 3 rings (SSSR count). The summed E-state index contributed by atoms with van der Waals surface area (Å²) in [5.41, 5.74) is 2.43. The third kappa shape index (κ3) is 4.86. The molecule has 0 unspecified atom stereocenters. The number of hydrogen-bond donors (Lipinski definition) is 1. The summed E-state index contributed by atoms with van der Waals surface area (Å²) in [5, 5.41) is 5.19. The van der Waals surface area contributed by atoms with Crippen molar-refractivity contribution >= 4 is 22.9 Å². The van der Waals surface area contributed by atoms with Crippen molar-refractivity contribution in [1.29, 1.82) is 0 Å². The number of ether oxygens (including phenoxy) is 1. The van der Waals surface area contributed by atoms with Crippen molar-refractivity contribution in [2.75, 3.05) is 5.32 Å². The van der Waals surface area contributed by atoms with Crippen LogP contribution in [-0.4, -0.2) is 10.9 Å². The Morgan fingerprint density at radius 3 is 2.69 bits per heavy atom. The second kappa shape index (κ2) is 8.05. The summed E-state index contributed by atoms with van der Waals surface area (Å²) in [6.45, 7) is 2.02. The zero-order valence-corrected chi connectivity index (χ0v) is 14.8. The van der Waals surface area contributed by atoms with Crippen LogP contribution in [0.15, 0.2) is 47.8 Å². The predicted octanol–water partition coefficient (Wildman–Crippen LogP) is 4.49. The normalized spacial score (nSPS) is 10.6. The van der Waals surface area contributed by atoms with Crippen molar-refractivity contribution in [3.63, 3.8) is 0 Å². The zero-order valence-electron chi connectivity index (χ0n) is 14.0. The molecule has 1 heterocycles. The number of nitrogens with one attached hydrogen (secondary N) is 1. The van der Waals surface area contributed by atoms with Gasteiger partial charge in [-0.25, -0.2) is 13.8 Å². The number of thiazole rings is 1. The molecule has 0 saturated carbocycles. The summed E-state index contributed by atoms with van der Waals surface area (Å²) in [5.74, 6) is -1.64. The lowest BCUT2D eigenvalue weighted by atomic mass is 10.2. The van der Waals surface area contributed by atoms with Gasteiger partial charge in [0.2, 0.25) is 5.91 Å². The first-order valence-electron chi connectivity index (χ1n) is 7.87. The maximum absolute atomic E-state index is 13.5. The van der Waals surface area contributed by atoms with Crippen molar-refractivity contribution in [3.8, 4) is 5.75 Å². The van der Waals surface area contributed by atoms with E-state index < -0.39 is 11.6 Å². The highest BCUT2D eigenvalue weighted by Crippen LogP contribution is 2.20. The van der Waals surface area contributed by atoms with Crippen LogP contribution < -0.4 is 10.1 Å². The molecular formula is C19H16F2N2O2S. The smallest absolute Gasteiger partial charge is 0.231 e. The molecule has 0 bridgehead atoms. The van der Waals surface area contributed by atoms with Gasteiger partial charge in [-0.15, -0.1) is 11.3 Å². The highest BCUT2D eigenvalue weighted by molar-refractivity contribution is 7.09. The fourth-order valence-electron chi connectivity index (χ4n) is 2.22. The molecule has 26 heavy (non-hydrogen) atoms. The molecule has 0 atom stereocenters. The summed E-state index contributed by atoms with van der Waals surface area (Å²) in [6.07, 6.45) is 0.142. The Morgan fingerprint density at radius 2 is 1.96 bits per heavy atom. The second-order valence-electron chi connectivity index (χ2n) is 5.69. The Labute approximate surface area is 153 Å². The van der Waals surface area contributed by atoms with Gasteiger partial charge in [-0.05, 0) is 31.2 Å². The SMILES string of the molecule is Cc1ccc(NC(=O)Cc2nc(COc3ccc(F)cc3F)cs2)cc1. The van der Waals surface area contributed by atoms with E-state index in [-0.39, 0.29) is 24.7 Å². The number of aryl methyl sites for hydroxylation is 1. The maximum atomic E-state index is 13.5. The predicted molar refractivity (Wildman–Crippen MR) is 96.3 cm³/mol. The highest BCUT2D eigenvalue weighted by atomic mass is 32.1. The molecule has 2 aromatic carbocycles. The van der Waals surface area contributed by atoms with Gasteiger partial charge in [-0.1, -0.05) is 17.7 Å². The number of carbonyl (C=O) groups is 1. The van der Waals surface area contributed by atoms with Gasteiger partial charge in [-0.2, -0.15) is 0 Å². The van der Waals surface area contributed by atoms with Crippen LogP contribution in [0.3, 0.4) is 0 Å². The number of hydrogen-bond acceptors (Lipinski definition) is 4. The van der Waals surface area contributed by atoms with Gasteiger partial charge >= 0.3 is 0 Å². The Balaban J connectivity index is 1.54. The van der Waals surface area contributed by atoms with Crippen molar-refractivity contribution in [2.24, 2.45) is 0 Å². The van der Waals surface area contributed by atoms with E-state index in [1.54, 1.807) is 5.38 Å². The molecule has 4 nitrogen and oxygen atoms in total. The summed E-state index contributed by atoms with van der Waals surface area (Å²) in [4.78, 5) is 16.4. The van der Waals surface area contributed by atoms with E-state index in [1.807, 2.05) is 31.2 Å². The minimum absolute atomic E-state index is 0.0403. The van der Waals surface area contributed by atoms with E-state index >= 15 is 0 Å². The van der Waals surface area contributed by atoms with E-state index in [9.17, 15) is 13.6 Å². The molecule has 0 spiro atoms. The van der Waals surface area contributed by atoms with Crippen LogP contribution in [0.25, 0.3) is 0 Å². The molecule has 134 valence electrons. The van der Waals surface area contributed by atoms with Crippen molar-refractivity contribution < 1.29 is 18.3 Å². The number of amides is 1. The van der Waals surface area contributed by atoms with Crippen LogP contribution in [0.4, 0.5) is 14.5 Å². The summed E-state index contributed by atoms with van der Waals surface area (Å²) < 4.78 is 31.7. The number of benzene rings is 2. The minimum atomic E-state index is -0.766. The van der Waals surface area contributed by atoms with E-state index in [0.717, 1.165) is 23.4 Å². The van der Waals surface area contributed by atoms with Crippen LogP contribution in [0, 0.1) is 18.6 Å². The summed E-state index contributed by atoms with van der Waals surface area (Å²) >= 11 is 1.33. The molecule has 7 heteroatoms. The lowest BCUT2D eigenvalue weighted by Crippen LogP contribution is -2.14. The van der Waals surface area contributed by atoms with E-state index in [0.29, 0.717) is 10.7 Å². The Bertz CT molecular complexity index is 910. The Kier molecular flexibility index (Phi) is 5.58. The fraction of sp³-hybridized carbons (Fsp3) is 0.158. The van der Waals surface area contributed by atoms with Gasteiger partial charge in [0.05, 0.1) is 12.1 Å². The molecule has 1 N–H and O–H groups in total. The molecule has 0 aliphatic rings. The number of nitrogens with zero attached hydrogens (tertiary/aromatic N) is 1. The van der Waals surface area contributed by atoms with Crippen molar-refractivity contribution in [1.82, 2.24) is 4.98 Å². The second-order valence-corrected chi connectivity index (χ2v) is 6.63. The van der Waals surface area contributed by atoms with E-state index in [1.165, 1.54) is 17.4 Å².